The zero-order valence-corrected chi connectivity index (χ0v) is 10.3. The average molecular weight is 199 g/mol. The van der Waals surface area contributed by atoms with Gasteiger partial charge in [-0.15, -0.1) is 0 Å². The summed E-state index contributed by atoms with van der Waals surface area (Å²) in [5.41, 5.74) is 0. The average Bonchev–Trinajstić information content (AvgIpc) is 2.16. The molecule has 0 heterocycles. The van der Waals surface area contributed by atoms with Gasteiger partial charge in [-0.05, 0) is 33.6 Å². The van der Waals surface area contributed by atoms with Crippen LogP contribution in [0.15, 0.2) is 0 Å². The molecule has 0 aliphatic rings. The largest absolute Gasteiger partial charge is 0.302 e. The Bertz CT molecular complexity index is 156. The van der Waals surface area contributed by atoms with Gasteiger partial charge in [0.05, 0.1) is 6.04 Å². The molecule has 2 heteroatoms. The van der Waals surface area contributed by atoms with E-state index in [1.54, 1.807) is 0 Å². The third-order valence-electron chi connectivity index (χ3n) is 2.82. The Balaban J connectivity index is 4.50. The molecule has 84 valence electrons. The maximum Gasteiger partial charge on any atom is 0.137 e. The van der Waals surface area contributed by atoms with E-state index in [0.29, 0.717) is 12.1 Å². The zero-order chi connectivity index (χ0) is 11.1. The first-order valence-corrected chi connectivity index (χ1v) is 5.81. The fourth-order valence-electron chi connectivity index (χ4n) is 2.01. The first-order valence-electron chi connectivity index (χ1n) is 5.81. The van der Waals surface area contributed by atoms with Gasteiger partial charge in [0.25, 0.3) is 0 Å². The molecule has 0 saturated carbocycles. The predicted molar refractivity (Wildman–Crippen MR) is 61.5 cm³/mol. The monoisotopic (exact) mass is 199 g/mol. The van der Waals surface area contributed by atoms with Crippen molar-refractivity contribution < 1.29 is 4.79 Å². The van der Waals surface area contributed by atoms with Gasteiger partial charge in [-0.25, -0.2) is 0 Å². The van der Waals surface area contributed by atoms with Crippen molar-refractivity contribution in [2.45, 2.75) is 72.0 Å². The van der Waals surface area contributed by atoms with Gasteiger partial charge in [-0.2, -0.15) is 0 Å². The van der Waals surface area contributed by atoms with Crippen molar-refractivity contribution in [1.29, 1.82) is 0 Å². The highest BCUT2D eigenvalue weighted by molar-refractivity contribution is 5.57. The van der Waals surface area contributed by atoms with Gasteiger partial charge in [0.2, 0.25) is 0 Å². The van der Waals surface area contributed by atoms with Crippen molar-refractivity contribution in [2.24, 2.45) is 0 Å². The van der Waals surface area contributed by atoms with Crippen molar-refractivity contribution in [2.75, 3.05) is 0 Å². The van der Waals surface area contributed by atoms with Crippen LogP contribution in [0.2, 0.25) is 0 Å². The summed E-state index contributed by atoms with van der Waals surface area (Å²) >= 11 is 0. The highest BCUT2D eigenvalue weighted by Gasteiger charge is 2.23. The van der Waals surface area contributed by atoms with E-state index in [9.17, 15) is 4.79 Å². The van der Waals surface area contributed by atoms with Crippen LogP contribution in [0.1, 0.15) is 53.9 Å². The van der Waals surface area contributed by atoms with E-state index in [4.69, 9.17) is 0 Å². The molecule has 0 spiro atoms. The molecule has 0 aliphatic carbocycles. The Labute approximate surface area is 88.7 Å². The molecule has 2 unspecified atom stereocenters. The van der Waals surface area contributed by atoms with Crippen molar-refractivity contribution in [1.82, 2.24) is 4.90 Å². The number of rotatable bonds is 7. The van der Waals surface area contributed by atoms with E-state index < -0.39 is 0 Å². The summed E-state index contributed by atoms with van der Waals surface area (Å²) in [6, 6.07) is 1.05. The Morgan fingerprint density at radius 2 is 1.79 bits per heavy atom. The second kappa shape index (κ2) is 6.99. The summed E-state index contributed by atoms with van der Waals surface area (Å²) in [5.74, 6) is 0. The summed E-state index contributed by atoms with van der Waals surface area (Å²) in [5, 5.41) is 0. The van der Waals surface area contributed by atoms with Gasteiger partial charge in [0.15, 0.2) is 0 Å². The van der Waals surface area contributed by atoms with Crippen LogP contribution in [0, 0.1) is 0 Å². The van der Waals surface area contributed by atoms with E-state index in [1.165, 1.54) is 0 Å². The summed E-state index contributed by atoms with van der Waals surface area (Å²) in [6.07, 6.45) is 4.26. The normalized spacial score (nSPS) is 15.9. The lowest BCUT2D eigenvalue weighted by atomic mass is 10.1. The fourth-order valence-corrected chi connectivity index (χ4v) is 2.01. The van der Waals surface area contributed by atoms with Gasteiger partial charge in [-0.1, -0.05) is 20.3 Å². The molecular formula is C12H25NO. The van der Waals surface area contributed by atoms with E-state index in [0.717, 1.165) is 25.5 Å². The molecule has 0 N–H and O–H groups in total. The van der Waals surface area contributed by atoms with Crippen molar-refractivity contribution in [3.05, 3.63) is 0 Å². The smallest absolute Gasteiger partial charge is 0.137 e. The number of hydrogen-bond acceptors (Lipinski definition) is 2. The maximum absolute atomic E-state index is 11.0. The quantitative estimate of drug-likeness (QED) is 0.588. The molecule has 0 aromatic rings. The minimum Gasteiger partial charge on any atom is -0.302 e. The van der Waals surface area contributed by atoms with Gasteiger partial charge in [0.1, 0.15) is 6.29 Å². The summed E-state index contributed by atoms with van der Waals surface area (Å²) < 4.78 is 0. The Morgan fingerprint density at radius 3 is 2.07 bits per heavy atom. The van der Waals surface area contributed by atoms with Crippen LogP contribution in [0.25, 0.3) is 0 Å². The van der Waals surface area contributed by atoms with E-state index in [2.05, 4.69) is 39.5 Å². The maximum atomic E-state index is 11.0. The van der Waals surface area contributed by atoms with Gasteiger partial charge >= 0.3 is 0 Å². The van der Waals surface area contributed by atoms with Crippen molar-refractivity contribution >= 4 is 6.29 Å². The van der Waals surface area contributed by atoms with Crippen molar-refractivity contribution in [3.63, 3.8) is 0 Å². The van der Waals surface area contributed by atoms with Crippen LogP contribution in [-0.2, 0) is 4.79 Å². The molecular weight excluding hydrogens is 174 g/mol. The lowest BCUT2D eigenvalue weighted by Gasteiger charge is -2.36. The van der Waals surface area contributed by atoms with Crippen LogP contribution in [-0.4, -0.2) is 29.3 Å². The first kappa shape index (κ1) is 13.6. The predicted octanol–water partition coefficient (Wildman–Crippen LogP) is 2.86. The molecule has 2 nitrogen and oxygen atoms in total. The molecule has 0 saturated heterocycles. The zero-order valence-electron chi connectivity index (χ0n) is 10.3. The minimum absolute atomic E-state index is 0.106. The Hall–Kier alpha value is -0.370. The lowest BCUT2D eigenvalue weighted by Crippen LogP contribution is -2.46. The highest BCUT2D eigenvalue weighted by atomic mass is 16.1. The molecule has 0 fully saturated rings. The number of aldehydes is 1. The molecule has 0 rings (SSSR count). The molecule has 0 aromatic carbocycles. The summed E-state index contributed by atoms with van der Waals surface area (Å²) in [4.78, 5) is 13.3. The number of carbonyl (C=O) groups excluding carboxylic acids is 1. The summed E-state index contributed by atoms with van der Waals surface area (Å²) in [6.45, 7) is 10.8. The third-order valence-corrected chi connectivity index (χ3v) is 2.82. The van der Waals surface area contributed by atoms with Crippen LogP contribution >= 0.6 is 0 Å². The van der Waals surface area contributed by atoms with Crippen LogP contribution in [0.4, 0.5) is 0 Å². The number of carbonyl (C=O) groups is 1. The lowest BCUT2D eigenvalue weighted by molar-refractivity contribution is -0.114. The number of nitrogens with zero attached hydrogens (tertiary/aromatic N) is 1. The third kappa shape index (κ3) is 3.79. The molecule has 2 atom stereocenters. The molecule has 0 aromatic heterocycles. The van der Waals surface area contributed by atoms with E-state index in [-0.39, 0.29) is 6.04 Å². The second-order valence-corrected chi connectivity index (χ2v) is 4.29. The van der Waals surface area contributed by atoms with E-state index in [1.807, 2.05) is 0 Å². The Morgan fingerprint density at radius 1 is 1.21 bits per heavy atom. The SMILES string of the molecule is CCCC(C=O)N(C(C)C)C(C)CC. The van der Waals surface area contributed by atoms with E-state index >= 15 is 0 Å². The van der Waals surface area contributed by atoms with Crippen molar-refractivity contribution in [3.8, 4) is 0 Å². The van der Waals surface area contributed by atoms with Crippen LogP contribution in [0.5, 0.6) is 0 Å². The van der Waals surface area contributed by atoms with Gasteiger partial charge < -0.3 is 4.79 Å². The molecule has 0 bridgehead atoms. The molecule has 0 radical (unpaired) electrons. The van der Waals surface area contributed by atoms with Gasteiger partial charge in [-0.3, -0.25) is 4.90 Å². The van der Waals surface area contributed by atoms with Gasteiger partial charge in [0, 0.05) is 12.1 Å². The topological polar surface area (TPSA) is 20.3 Å². The molecule has 0 amide bonds. The van der Waals surface area contributed by atoms with Crippen LogP contribution in [0.3, 0.4) is 0 Å². The fraction of sp³-hybridized carbons (Fsp3) is 0.917. The number of hydrogen-bond donors (Lipinski definition) is 0. The first-order chi connectivity index (χ1) is 6.58. The minimum atomic E-state index is 0.106. The Kier molecular flexibility index (Phi) is 6.81. The highest BCUT2D eigenvalue weighted by Crippen LogP contribution is 2.15. The molecule has 14 heavy (non-hydrogen) atoms. The molecule has 0 aliphatic heterocycles. The standard InChI is InChI=1S/C12H25NO/c1-6-8-12(9-14)13(10(3)4)11(5)7-2/h9-12H,6-8H2,1-5H3. The summed E-state index contributed by atoms with van der Waals surface area (Å²) in [7, 11) is 0. The van der Waals surface area contributed by atoms with Crippen LogP contribution < -0.4 is 0 Å². The second-order valence-electron chi connectivity index (χ2n) is 4.29.